The van der Waals surface area contributed by atoms with Gasteiger partial charge in [-0.3, -0.25) is 0 Å². The van der Waals surface area contributed by atoms with Crippen LogP contribution in [0.3, 0.4) is 0 Å². The van der Waals surface area contributed by atoms with Crippen molar-refractivity contribution in [3.05, 3.63) is 0 Å². The van der Waals surface area contributed by atoms with E-state index in [1.165, 1.54) is 32.5 Å². The van der Waals surface area contributed by atoms with Crippen molar-refractivity contribution in [2.24, 2.45) is 11.7 Å². The Morgan fingerprint density at radius 1 is 1.38 bits per heavy atom. The number of rotatable bonds is 5. The van der Waals surface area contributed by atoms with Crippen molar-refractivity contribution in [2.45, 2.75) is 19.8 Å². The van der Waals surface area contributed by atoms with Gasteiger partial charge in [0.25, 0.3) is 0 Å². The van der Waals surface area contributed by atoms with Crippen LogP contribution in [-0.4, -0.2) is 44.2 Å². The molecule has 3 heteroatoms. The van der Waals surface area contributed by atoms with Crippen LogP contribution in [0.4, 0.5) is 0 Å². The topological polar surface area (TPSA) is 41.3 Å². The summed E-state index contributed by atoms with van der Waals surface area (Å²) in [5, 5.41) is 3.39. The summed E-state index contributed by atoms with van der Waals surface area (Å²) in [6.07, 6.45) is 2.67. The van der Waals surface area contributed by atoms with Gasteiger partial charge in [-0.05, 0) is 38.4 Å². The Balaban J connectivity index is 2.18. The van der Waals surface area contributed by atoms with E-state index in [0.29, 0.717) is 0 Å². The number of hydrogen-bond acceptors (Lipinski definition) is 3. The quantitative estimate of drug-likeness (QED) is 0.646. The number of piperidine rings is 1. The van der Waals surface area contributed by atoms with Gasteiger partial charge in [0.2, 0.25) is 0 Å². The van der Waals surface area contributed by atoms with Crippen LogP contribution in [0.15, 0.2) is 0 Å². The first-order valence-corrected chi connectivity index (χ1v) is 5.50. The maximum atomic E-state index is 5.56. The molecular weight excluding hydrogens is 162 g/mol. The molecule has 1 aliphatic rings. The maximum absolute atomic E-state index is 5.56. The molecule has 1 rings (SSSR count). The van der Waals surface area contributed by atoms with Gasteiger partial charge in [0.15, 0.2) is 0 Å². The van der Waals surface area contributed by atoms with Crippen LogP contribution in [0.5, 0.6) is 0 Å². The van der Waals surface area contributed by atoms with Gasteiger partial charge < -0.3 is 16.0 Å². The number of hydrogen-bond donors (Lipinski definition) is 2. The minimum absolute atomic E-state index is 0.790. The van der Waals surface area contributed by atoms with Crippen molar-refractivity contribution in [3.63, 3.8) is 0 Å². The lowest BCUT2D eigenvalue weighted by molar-refractivity contribution is 0.218. The smallest absolute Gasteiger partial charge is 0.0105 e. The molecule has 0 saturated carbocycles. The lowest BCUT2D eigenvalue weighted by atomic mass is 9.97. The summed E-state index contributed by atoms with van der Waals surface area (Å²) in [5.74, 6) is 0.896. The zero-order valence-electron chi connectivity index (χ0n) is 8.76. The second-order valence-corrected chi connectivity index (χ2v) is 3.88. The molecule has 0 amide bonds. The highest BCUT2D eigenvalue weighted by Gasteiger charge is 2.15. The molecule has 0 spiro atoms. The predicted octanol–water partition coefficient (Wildman–Crippen LogP) is 0.267. The Morgan fingerprint density at radius 2 is 2.08 bits per heavy atom. The molecule has 3 N–H and O–H groups in total. The van der Waals surface area contributed by atoms with E-state index < -0.39 is 0 Å². The molecule has 3 nitrogen and oxygen atoms in total. The van der Waals surface area contributed by atoms with Gasteiger partial charge in [0.05, 0.1) is 0 Å². The zero-order chi connectivity index (χ0) is 9.52. The third-order valence-electron chi connectivity index (χ3n) is 2.87. The van der Waals surface area contributed by atoms with Crippen LogP contribution in [0.25, 0.3) is 0 Å². The van der Waals surface area contributed by atoms with E-state index in [2.05, 4.69) is 17.1 Å². The van der Waals surface area contributed by atoms with Crippen LogP contribution < -0.4 is 11.1 Å². The van der Waals surface area contributed by atoms with Gasteiger partial charge in [-0.1, -0.05) is 6.92 Å². The third-order valence-corrected chi connectivity index (χ3v) is 2.87. The normalized spacial score (nSPS) is 19.6. The molecule has 0 unspecified atom stereocenters. The van der Waals surface area contributed by atoms with Crippen LogP contribution >= 0.6 is 0 Å². The van der Waals surface area contributed by atoms with E-state index >= 15 is 0 Å². The molecule has 0 aromatic rings. The average molecular weight is 185 g/mol. The first kappa shape index (κ1) is 11.0. The van der Waals surface area contributed by atoms with E-state index in [1.54, 1.807) is 0 Å². The van der Waals surface area contributed by atoms with E-state index in [9.17, 15) is 0 Å². The SMILES string of the molecule is CCN(CCN)CC1CCNCC1. The van der Waals surface area contributed by atoms with Crippen molar-refractivity contribution in [2.75, 3.05) is 39.3 Å². The van der Waals surface area contributed by atoms with Crippen molar-refractivity contribution < 1.29 is 0 Å². The molecule has 0 atom stereocenters. The summed E-state index contributed by atoms with van der Waals surface area (Å²) in [4.78, 5) is 2.47. The lowest BCUT2D eigenvalue weighted by Gasteiger charge is -2.28. The molecule has 1 saturated heterocycles. The van der Waals surface area contributed by atoms with E-state index in [-0.39, 0.29) is 0 Å². The van der Waals surface area contributed by atoms with Crippen LogP contribution in [-0.2, 0) is 0 Å². The largest absolute Gasteiger partial charge is 0.329 e. The third kappa shape index (κ3) is 4.07. The summed E-state index contributed by atoms with van der Waals surface area (Å²) >= 11 is 0. The van der Waals surface area contributed by atoms with Gasteiger partial charge in [-0.15, -0.1) is 0 Å². The minimum Gasteiger partial charge on any atom is -0.329 e. The van der Waals surface area contributed by atoms with Gasteiger partial charge in [0, 0.05) is 19.6 Å². The predicted molar refractivity (Wildman–Crippen MR) is 56.8 cm³/mol. The molecule has 0 aromatic heterocycles. The molecule has 0 aliphatic carbocycles. The van der Waals surface area contributed by atoms with Crippen molar-refractivity contribution in [1.29, 1.82) is 0 Å². The Kier molecular flexibility index (Phi) is 5.35. The highest BCUT2D eigenvalue weighted by molar-refractivity contribution is 4.72. The number of nitrogens with one attached hydrogen (secondary N) is 1. The molecule has 0 bridgehead atoms. The molecule has 1 heterocycles. The summed E-state index contributed by atoms with van der Waals surface area (Å²) in [7, 11) is 0. The minimum atomic E-state index is 0.790. The fourth-order valence-corrected chi connectivity index (χ4v) is 1.99. The number of likely N-dealkylation sites (N-methyl/N-ethyl adjacent to an activating group) is 1. The van der Waals surface area contributed by atoms with Crippen molar-refractivity contribution >= 4 is 0 Å². The average Bonchev–Trinajstić information content (AvgIpc) is 2.19. The molecule has 1 aliphatic heterocycles. The van der Waals surface area contributed by atoms with Crippen LogP contribution in [0, 0.1) is 5.92 Å². The molecular formula is C10H23N3. The van der Waals surface area contributed by atoms with E-state index in [0.717, 1.165) is 25.6 Å². The number of nitrogens with two attached hydrogens (primary N) is 1. The van der Waals surface area contributed by atoms with E-state index in [1.807, 2.05) is 0 Å². The first-order valence-electron chi connectivity index (χ1n) is 5.50. The first-order chi connectivity index (χ1) is 6.36. The molecule has 0 aromatic carbocycles. The fraction of sp³-hybridized carbons (Fsp3) is 1.00. The van der Waals surface area contributed by atoms with Gasteiger partial charge in [-0.25, -0.2) is 0 Å². The van der Waals surface area contributed by atoms with Crippen LogP contribution in [0.1, 0.15) is 19.8 Å². The monoisotopic (exact) mass is 185 g/mol. The fourth-order valence-electron chi connectivity index (χ4n) is 1.99. The van der Waals surface area contributed by atoms with E-state index in [4.69, 9.17) is 5.73 Å². The molecule has 1 fully saturated rings. The Hall–Kier alpha value is -0.120. The maximum Gasteiger partial charge on any atom is 0.0105 e. The van der Waals surface area contributed by atoms with Gasteiger partial charge >= 0.3 is 0 Å². The summed E-state index contributed by atoms with van der Waals surface area (Å²) in [6.45, 7) is 8.85. The zero-order valence-corrected chi connectivity index (χ0v) is 8.76. The van der Waals surface area contributed by atoms with Crippen molar-refractivity contribution in [1.82, 2.24) is 10.2 Å². The van der Waals surface area contributed by atoms with Crippen molar-refractivity contribution in [3.8, 4) is 0 Å². The molecule has 13 heavy (non-hydrogen) atoms. The Bertz CT molecular complexity index is 119. The van der Waals surface area contributed by atoms with Gasteiger partial charge in [-0.2, -0.15) is 0 Å². The van der Waals surface area contributed by atoms with Gasteiger partial charge in [0.1, 0.15) is 0 Å². The summed E-state index contributed by atoms with van der Waals surface area (Å²) in [5.41, 5.74) is 5.56. The molecule has 0 radical (unpaired) electrons. The number of nitrogens with zero attached hydrogens (tertiary/aromatic N) is 1. The van der Waals surface area contributed by atoms with Crippen LogP contribution in [0.2, 0.25) is 0 Å². The summed E-state index contributed by atoms with van der Waals surface area (Å²) in [6, 6.07) is 0. The lowest BCUT2D eigenvalue weighted by Crippen LogP contribution is -2.38. The second-order valence-electron chi connectivity index (χ2n) is 3.88. The highest BCUT2D eigenvalue weighted by atomic mass is 15.1. The Morgan fingerprint density at radius 3 is 2.62 bits per heavy atom. The Labute approximate surface area is 81.7 Å². The second kappa shape index (κ2) is 6.35. The summed E-state index contributed by atoms with van der Waals surface area (Å²) < 4.78 is 0. The standard InChI is InChI=1S/C10H23N3/c1-2-13(8-5-11)9-10-3-6-12-7-4-10/h10,12H,2-9,11H2,1H3. The molecule has 78 valence electrons. The highest BCUT2D eigenvalue weighted by Crippen LogP contribution is 2.12.